The van der Waals surface area contributed by atoms with Crippen LogP contribution in [-0.4, -0.2) is 29.1 Å². The van der Waals surface area contributed by atoms with Crippen LogP contribution in [0.4, 0.5) is 0 Å². The Morgan fingerprint density at radius 3 is 3.06 bits per heavy atom. The van der Waals surface area contributed by atoms with Crippen molar-refractivity contribution in [2.75, 3.05) is 19.6 Å². The largest absolute Gasteiger partial charge is 0.312 e. The van der Waals surface area contributed by atoms with Crippen LogP contribution in [-0.2, 0) is 6.54 Å². The molecule has 88 valence electrons. The lowest BCUT2D eigenvalue weighted by molar-refractivity contribution is 0.133. The summed E-state index contributed by atoms with van der Waals surface area (Å²) in [6, 6.07) is 5.61. The quantitative estimate of drug-likeness (QED) is 0.667. The van der Waals surface area contributed by atoms with Crippen LogP contribution in [0.25, 0.3) is 0 Å². The molecule has 2 aliphatic rings. The zero-order valence-electron chi connectivity index (χ0n) is 9.80. The van der Waals surface area contributed by atoms with E-state index in [2.05, 4.69) is 16.9 Å². The Morgan fingerprint density at radius 2 is 2.24 bits per heavy atom. The highest BCUT2D eigenvalue weighted by atomic mass is 16.1. The molecule has 17 heavy (non-hydrogen) atoms. The van der Waals surface area contributed by atoms with Crippen LogP contribution in [0.2, 0.25) is 0 Å². The van der Waals surface area contributed by atoms with Gasteiger partial charge in [0.15, 0.2) is 0 Å². The van der Waals surface area contributed by atoms with Crippen LogP contribution in [0.1, 0.15) is 18.0 Å². The number of piperidine rings is 1. The van der Waals surface area contributed by atoms with E-state index in [4.69, 9.17) is 6.42 Å². The Labute approximate surface area is 101 Å². The first-order valence-corrected chi connectivity index (χ1v) is 6.13. The zero-order chi connectivity index (χ0) is 11.8. The summed E-state index contributed by atoms with van der Waals surface area (Å²) in [5, 5.41) is 0. The van der Waals surface area contributed by atoms with Gasteiger partial charge in [0.25, 0.3) is 5.56 Å². The van der Waals surface area contributed by atoms with Crippen LogP contribution >= 0.6 is 0 Å². The fourth-order valence-corrected chi connectivity index (χ4v) is 3.25. The summed E-state index contributed by atoms with van der Waals surface area (Å²) in [5.74, 6) is 3.77. The van der Waals surface area contributed by atoms with Gasteiger partial charge in [-0.1, -0.05) is 12.0 Å². The lowest BCUT2D eigenvalue weighted by Gasteiger charge is -2.42. The Balaban J connectivity index is 1.96. The average molecular weight is 228 g/mol. The SMILES string of the molecule is C#CCN1C[C@@H]2C[C@H](C1)c1cccc(=O)n1C2. The maximum Gasteiger partial charge on any atom is 0.250 e. The molecule has 0 unspecified atom stereocenters. The van der Waals surface area contributed by atoms with Gasteiger partial charge < -0.3 is 4.57 Å². The topological polar surface area (TPSA) is 25.2 Å². The molecule has 0 N–H and O–H groups in total. The molecule has 3 heterocycles. The molecule has 3 rings (SSSR count). The third-order valence-electron chi connectivity index (χ3n) is 3.87. The van der Waals surface area contributed by atoms with Crippen molar-refractivity contribution in [2.45, 2.75) is 18.9 Å². The number of hydrogen-bond donors (Lipinski definition) is 0. The number of rotatable bonds is 1. The van der Waals surface area contributed by atoms with Gasteiger partial charge in [0.2, 0.25) is 0 Å². The minimum atomic E-state index is 0.141. The minimum absolute atomic E-state index is 0.141. The summed E-state index contributed by atoms with van der Waals surface area (Å²) in [6.07, 6.45) is 6.58. The maximum absolute atomic E-state index is 11.8. The van der Waals surface area contributed by atoms with E-state index >= 15 is 0 Å². The molecule has 0 spiro atoms. The van der Waals surface area contributed by atoms with Gasteiger partial charge >= 0.3 is 0 Å². The number of hydrogen-bond acceptors (Lipinski definition) is 2. The van der Waals surface area contributed by atoms with E-state index in [-0.39, 0.29) is 5.56 Å². The smallest absolute Gasteiger partial charge is 0.250 e. The Hall–Kier alpha value is -1.53. The Morgan fingerprint density at radius 1 is 1.35 bits per heavy atom. The Kier molecular flexibility index (Phi) is 2.53. The van der Waals surface area contributed by atoms with E-state index in [1.807, 2.05) is 10.6 Å². The van der Waals surface area contributed by atoms with Gasteiger partial charge in [0, 0.05) is 37.3 Å². The minimum Gasteiger partial charge on any atom is -0.312 e. The molecule has 0 saturated carbocycles. The van der Waals surface area contributed by atoms with E-state index in [1.165, 1.54) is 12.1 Å². The number of aromatic nitrogens is 1. The molecular weight excluding hydrogens is 212 g/mol. The summed E-state index contributed by atoms with van der Waals surface area (Å²) in [5.41, 5.74) is 1.33. The summed E-state index contributed by atoms with van der Waals surface area (Å²) in [7, 11) is 0. The first kappa shape index (κ1) is 10.6. The summed E-state index contributed by atoms with van der Waals surface area (Å²) < 4.78 is 1.95. The number of nitrogens with zero attached hydrogens (tertiary/aromatic N) is 2. The number of likely N-dealkylation sites (tertiary alicyclic amines) is 1. The molecule has 1 aromatic heterocycles. The normalized spacial score (nSPS) is 27.2. The van der Waals surface area contributed by atoms with Crippen molar-refractivity contribution in [2.24, 2.45) is 5.92 Å². The number of terminal acetylenes is 1. The highest BCUT2D eigenvalue weighted by molar-refractivity contribution is 5.17. The van der Waals surface area contributed by atoms with Crippen molar-refractivity contribution in [1.29, 1.82) is 0 Å². The standard InChI is InChI=1S/C14H16N2O/c1-2-6-15-8-11-7-12(10-15)13-4-3-5-14(17)16(13)9-11/h1,3-5,11-12H,6-10H2/t11-,12+/m0/s1. The second-order valence-corrected chi connectivity index (χ2v) is 5.10. The monoisotopic (exact) mass is 228 g/mol. The van der Waals surface area contributed by atoms with Gasteiger partial charge in [-0.2, -0.15) is 0 Å². The number of pyridine rings is 1. The fraction of sp³-hybridized carbons (Fsp3) is 0.500. The molecule has 0 amide bonds. The van der Waals surface area contributed by atoms with Gasteiger partial charge in [-0.15, -0.1) is 6.42 Å². The van der Waals surface area contributed by atoms with Crippen molar-refractivity contribution in [3.63, 3.8) is 0 Å². The molecule has 0 aliphatic carbocycles. The average Bonchev–Trinajstić information content (AvgIpc) is 2.31. The molecule has 2 bridgehead atoms. The van der Waals surface area contributed by atoms with Crippen LogP contribution in [0.3, 0.4) is 0 Å². The first-order chi connectivity index (χ1) is 8.28. The molecule has 1 saturated heterocycles. The van der Waals surface area contributed by atoms with Gasteiger partial charge in [0.1, 0.15) is 0 Å². The van der Waals surface area contributed by atoms with Gasteiger partial charge in [-0.05, 0) is 18.4 Å². The van der Waals surface area contributed by atoms with E-state index in [0.717, 1.165) is 26.2 Å². The van der Waals surface area contributed by atoms with E-state index in [1.54, 1.807) is 6.07 Å². The lowest BCUT2D eigenvalue weighted by atomic mass is 9.83. The van der Waals surface area contributed by atoms with Crippen molar-refractivity contribution in [3.8, 4) is 12.3 Å². The molecule has 0 aromatic carbocycles. The van der Waals surface area contributed by atoms with E-state index in [9.17, 15) is 4.79 Å². The van der Waals surface area contributed by atoms with Gasteiger partial charge in [-0.25, -0.2) is 0 Å². The second-order valence-electron chi connectivity index (χ2n) is 5.10. The second kappa shape index (κ2) is 4.05. The molecule has 3 heteroatoms. The van der Waals surface area contributed by atoms with E-state index < -0.39 is 0 Å². The van der Waals surface area contributed by atoms with Crippen LogP contribution in [0.15, 0.2) is 23.0 Å². The lowest BCUT2D eigenvalue weighted by Crippen LogP contribution is -2.47. The molecule has 3 nitrogen and oxygen atoms in total. The zero-order valence-corrected chi connectivity index (χ0v) is 9.80. The third-order valence-corrected chi connectivity index (χ3v) is 3.87. The first-order valence-electron chi connectivity index (χ1n) is 6.13. The van der Waals surface area contributed by atoms with Crippen molar-refractivity contribution < 1.29 is 0 Å². The van der Waals surface area contributed by atoms with Crippen LogP contribution in [0.5, 0.6) is 0 Å². The molecule has 1 aromatic rings. The fourth-order valence-electron chi connectivity index (χ4n) is 3.25. The van der Waals surface area contributed by atoms with Crippen molar-refractivity contribution in [3.05, 3.63) is 34.2 Å². The van der Waals surface area contributed by atoms with Crippen molar-refractivity contribution in [1.82, 2.24) is 9.47 Å². The van der Waals surface area contributed by atoms with Crippen LogP contribution in [0, 0.1) is 18.3 Å². The molecule has 1 fully saturated rings. The third kappa shape index (κ3) is 1.79. The number of fused-ring (bicyclic) bond motifs is 4. The molecule has 2 atom stereocenters. The predicted molar refractivity (Wildman–Crippen MR) is 66.8 cm³/mol. The van der Waals surface area contributed by atoms with E-state index in [0.29, 0.717) is 11.8 Å². The maximum atomic E-state index is 11.8. The van der Waals surface area contributed by atoms with Crippen molar-refractivity contribution >= 4 is 0 Å². The Bertz CT molecular complexity index is 526. The molecule has 2 aliphatic heterocycles. The van der Waals surface area contributed by atoms with Gasteiger partial charge in [-0.3, -0.25) is 9.69 Å². The highest BCUT2D eigenvalue weighted by Crippen LogP contribution is 2.34. The highest BCUT2D eigenvalue weighted by Gasteiger charge is 2.33. The summed E-state index contributed by atoms with van der Waals surface area (Å²) in [4.78, 5) is 14.2. The van der Waals surface area contributed by atoms with Gasteiger partial charge in [0.05, 0.1) is 6.54 Å². The summed E-state index contributed by atoms with van der Waals surface area (Å²) >= 11 is 0. The predicted octanol–water partition coefficient (Wildman–Crippen LogP) is 0.901. The summed E-state index contributed by atoms with van der Waals surface area (Å²) in [6.45, 7) is 3.60. The van der Waals surface area contributed by atoms with Crippen LogP contribution < -0.4 is 5.56 Å². The molecule has 0 radical (unpaired) electrons. The molecular formula is C14H16N2O.